The Bertz CT molecular complexity index is 669. The number of aromatic nitrogens is 1. The number of anilines is 1. The number of rotatable bonds is 6. The first kappa shape index (κ1) is 16.0. The molecule has 0 saturated heterocycles. The van der Waals surface area contributed by atoms with Crippen LogP contribution in [0.15, 0.2) is 29.8 Å². The van der Waals surface area contributed by atoms with Gasteiger partial charge in [-0.3, -0.25) is 4.79 Å². The molecule has 0 aliphatic rings. The van der Waals surface area contributed by atoms with Gasteiger partial charge in [-0.1, -0.05) is 0 Å². The third kappa shape index (κ3) is 3.62. The van der Waals surface area contributed by atoms with Crippen LogP contribution in [-0.2, 0) is 4.74 Å². The number of carbonyl (C=O) groups excluding carboxylic acids is 2. The molecular formula is C15H16N2O4S. The van der Waals surface area contributed by atoms with Crippen molar-refractivity contribution < 1.29 is 19.1 Å². The van der Waals surface area contributed by atoms with E-state index in [1.165, 1.54) is 11.3 Å². The summed E-state index contributed by atoms with van der Waals surface area (Å²) in [5.41, 5.74) is 0.648. The molecule has 7 heteroatoms. The standard InChI is InChI=1S/C15H16N2O4S/c1-3-20-13-10(6-5-8-16-13)12(18)17-14-11(7-9-22-14)15(19)21-4-2/h5-9H,3-4H2,1-2H3,(H,17,18). The van der Waals surface area contributed by atoms with E-state index in [1.807, 2.05) is 6.92 Å². The van der Waals surface area contributed by atoms with Crippen molar-refractivity contribution >= 4 is 28.2 Å². The Balaban J connectivity index is 2.20. The number of pyridine rings is 1. The van der Waals surface area contributed by atoms with E-state index >= 15 is 0 Å². The summed E-state index contributed by atoms with van der Waals surface area (Å²) < 4.78 is 10.3. The van der Waals surface area contributed by atoms with Crippen LogP contribution in [0.4, 0.5) is 5.00 Å². The van der Waals surface area contributed by atoms with Crippen molar-refractivity contribution in [1.82, 2.24) is 4.98 Å². The fourth-order valence-corrected chi connectivity index (χ4v) is 2.53. The van der Waals surface area contributed by atoms with E-state index in [4.69, 9.17) is 9.47 Å². The Morgan fingerprint density at radius 3 is 2.77 bits per heavy atom. The summed E-state index contributed by atoms with van der Waals surface area (Å²) in [4.78, 5) is 28.2. The van der Waals surface area contributed by atoms with Gasteiger partial charge in [-0.2, -0.15) is 0 Å². The molecule has 116 valence electrons. The number of nitrogens with zero attached hydrogens (tertiary/aromatic N) is 1. The van der Waals surface area contributed by atoms with Crippen molar-refractivity contribution in [3.63, 3.8) is 0 Å². The fraction of sp³-hybridized carbons (Fsp3) is 0.267. The zero-order valence-corrected chi connectivity index (χ0v) is 13.1. The van der Waals surface area contributed by atoms with Gasteiger partial charge in [0.05, 0.1) is 18.8 Å². The van der Waals surface area contributed by atoms with Gasteiger partial charge in [0.2, 0.25) is 5.88 Å². The topological polar surface area (TPSA) is 77.5 Å². The SMILES string of the molecule is CCOC(=O)c1ccsc1NC(=O)c1cccnc1OCC. The van der Waals surface area contributed by atoms with Crippen LogP contribution in [0.1, 0.15) is 34.6 Å². The minimum absolute atomic E-state index is 0.261. The molecular weight excluding hydrogens is 304 g/mol. The van der Waals surface area contributed by atoms with E-state index in [2.05, 4.69) is 10.3 Å². The first-order chi connectivity index (χ1) is 10.7. The number of amides is 1. The number of hydrogen-bond donors (Lipinski definition) is 1. The average molecular weight is 320 g/mol. The van der Waals surface area contributed by atoms with Gasteiger partial charge >= 0.3 is 5.97 Å². The van der Waals surface area contributed by atoms with E-state index in [0.29, 0.717) is 22.7 Å². The highest BCUT2D eigenvalue weighted by atomic mass is 32.1. The smallest absolute Gasteiger partial charge is 0.341 e. The maximum absolute atomic E-state index is 12.4. The Morgan fingerprint density at radius 2 is 2.05 bits per heavy atom. The van der Waals surface area contributed by atoms with E-state index in [-0.39, 0.29) is 18.4 Å². The van der Waals surface area contributed by atoms with Crippen molar-refractivity contribution in [3.05, 3.63) is 40.9 Å². The number of ether oxygens (including phenoxy) is 2. The molecule has 0 fully saturated rings. The van der Waals surface area contributed by atoms with Crippen LogP contribution >= 0.6 is 11.3 Å². The van der Waals surface area contributed by atoms with Crippen molar-refractivity contribution in [2.24, 2.45) is 0 Å². The maximum atomic E-state index is 12.4. The molecule has 0 unspecified atom stereocenters. The first-order valence-corrected chi connectivity index (χ1v) is 7.69. The van der Waals surface area contributed by atoms with Gasteiger partial charge in [0.1, 0.15) is 10.6 Å². The second-order valence-corrected chi connectivity index (χ2v) is 5.04. The van der Waals surface area contributed by atoms with Crippen LogP contribution in [0.3, 0.4) is 0 Å². The number of nitrogens with one attached hydrogen (secondary N) is 1. The molecule has 2 heterocycles. The monoisotopic (exact) mass is 320 g/mol. The van der Waals surface area contributed by atoms with Crippen LogP contribution in [-0.4, -0.2) is 30.1 Å². The van der Waals surface area contributed by atoms with E-state index in [1.54, 1.807) is 36.7 Å². The molecule has 0 aliphatic carbocycles. The van der Waals surface area contributed by atoms with Crippen LogP contribution in [0.25, 0.3) is 0 Å². The summed E-state index contributed by atoms with van der Waals surface area (Å²) in [7, 11) is 0. The summed E-state index contributed by atoms with van der Waals surface area (Å²) >= 11 is 1.25. The zero-order chi connectivity index (χ0) is 15.9. The van der Waals surface area contributed by atoms with Crippen LogP contribution in [0, 0.1) is 0 Å². The minimum Gasteiger partial charge on any atom is -0.477 e. The fourth-order valence-electron chi connectivity index (χ4n) is 1.76. The summed E-state index contributed by atoms with van der Waals surface area (Å²) in [5.74, 6) is -0.587. The summed E-state index contributed by atoms with van der Waals surface area (Å²) in [6, 6.07) is 4.88. The summed E-state index contributed by atoms with van der Waals surface area (Å²) in [6.07, 6.45) is 1.55. The molecule has 1 amide bonds. The van der Waals surface area contributed by atoms with E-state index in [0.717, 1.165) is 0 Å². The highest BCUT2D eigenvalue weighted by Crippen LogP contribution is 2.26. The molecule has 2 aromatic heterocycles. The number of esters is 1. The number of thiophene rings is 1. The molecule has 2 rings (SSSR count). The van der Waals surface area contributed by atoms with Gasteiger partial charge in [-0.15, -0.1) is 11.3 Å². The van der Waals surface area contributed by atoms with Crippen molar-refractivity contribution in [3.8, 4) is 5.88 Å². The Kier molecular flexibility index (Phi) is 5.48. The third-order valence-electron chi connectivity index (χ3n) is 2.68. The van der Waals surface area contributed by atoms with Crippen molar-refractivity contribution in [1.29, 1.82) is 0 Å². The second kappa shape index (κ2) is 7.56. The molecule has 0 aromatic carbocycles. The lowest BCUT2D eigenvalue weighted by molar-refractivity contribution is 0.0528. The van der Waals surface area contributed by atoms with Crippen LogP contribution in [0.2, 0.25) is 0 Å². The molecule has 0 atom stereocenters. The predicted octanol–water partition coefficient (Wildman–Crippen LogP) is 2.97. The van der Waals surface area contributed by atoms with Crippen molar-refractivity contribution in [2.75, 3.05) is 18.5 Å². The summed E-state index contributed by atoms with van der Waals surface area (Å²) in [5, 5.41) is 4.86. The van der Waals surface area contributed by atoms with Gasteiger partial charge in [0, 0.05) is 6.20 Å². The van der Waals surface area contributed by atoms with Gasteiger partial charge in [0.25, 0.3) is 5.91 Å². The van der Waals surface area contributed by atoms with Gasteiger partial charge in [-0.05, 0) is 37.4 Å². The van der Waals surface area contributed by atoms with Crippen LogP contribution in [0.5, 0.6) is 5.88 Å². The van der Waals surface area contributed by atoms with Crippen LogP contribution < -0.4 is 10.1 Å². The molecule has 6 nitrogen and oxygen atoms in total. The first-order valence-electron chi connectivity index (χ1n) is 6.81. The molecule has 0 aliphatic heterocycles. The van der Waals surface area contributed by atoms with Gasteiger partial charge in [0.15, 0.2) is 0 Å². The lowest BCUT2D eigenvalue weighted by Crippen LogP contribution is -2.16. The van der Waals surface area contributed by atoms with Crippen molar-refractivity contribution in [2.45, 2.75) is 13.8 Å². The molecule has 22 heavy (non-hydrogen) atoms. The molecule has 0 spiro atoms. The van der Waals surface area contributed by atoms with Gasteiger partial charge < -0.3 is 14.8 Å². The number of carbonyl (C=O) groups is 2. The summed E-state index contributed by atoms with van der Waals surface area (Å²) in [6.45, 7) is 4.23. The molecule has 2 aromatic rings. The molecule has 0 saturated carbocycles. The third-order valence-corrected chi connectivity index (χ3v) is 3.51. The molecule has 0 radical (unpaired) electrons. The Labute approximate surface area is 132 Å². The highest BCUT2D eigenvalue weighted by Gasteiger charge is 2.19. The quantitative estimate of drug-likeness (QED) is 0.828. The minimum atomic E-state index is -0.463. The number of hydrogen-bond acceptors (Lipinski definition) is 6. The normalized spacial score (nSPS) is 10.1. The average Bonchev–Trinajstić information content (AvgIpc) is 2.96. The maximum Gasteiger partial charge on any atom is 0.341 e. The van der Waals surface area contributed by atoms with E-state index in [9.17, 15) is 9.59 Å². The predicted molar refractivity (Wildman–Crippen MR) is 83.6 cm³/mol. The second-order valence-electron chi connectivity index (χ2n) is 4.13. The largest absolute Gasteiger partial charge is 0.477 e. The Hall–Kier alpha value is -2.41. The zero-order valence-electron chi connectivity index (χ0n) is 12.3. The van der Waals surface area contributed by atoms with E-state index < -0.39 is 5.97 Å². The lowest BCUT2D eigenvalue weighted by atomic mass is 10.2. The van der Waals surface area contributed by atoms with Gasteiger partial charge in [-0.25, -0.2) is 9.78 Å². The molecule has 1 N–H and O–H groups in total. The highest BCUT2D eigenvalue weighted by molar-refractivity contribution is 7.14. The molecule has 0 bridgehead atoms. The lowest BCUT2D eigenvalue weighted by Gasteiger charge is -2.09. The Morgan fingerprint density at radius 1 is 1.23 bits per heavy atom.